The number of aliphatic hydroxyl groups is 1. The normalized spacial score (nSPS) is 20.7. The summed E-state index contributed by atoms with van der Waals surface area (Å²) in [6, 6.07) is 6.79. The number of aliphatic hydroxyl groups excluding tert-OH is 1. The number of carbonyl (C=O) groups excluding carboxylic acids is 1. The number of piperidine rings is 1. The first-order valence-electron chi connectivity index (χ1n) is 11.4. The summed E-state index contributed by atoms with van der Waals surface area (Å²) in [5.74, 6) is 0.252. The molecular formula is C24H29FN4O2S. The van der Waals surface area contributed by atoms with Gasteiger partial charge in [-0.05, 0) is 81.1 Å². The van der Waals surface area contributed by atoms with Crippen molar-refractivity contribution in [2.75, 3.05) is 32.7 Å². The van der Waals surface area contributed by atoms with Crippen LogP contribution in [0.4, 0.5) is 4.39 Å². The van der Waals surface area contributed by atoms with Gasteiger partial charge in [-0.25, -0.2) is 4.39 Å². The Morgan fingerprint density at radius 3 is 2.78 bits per heavy atom. The van der Waals surface area contributed by atoms with Crippen LogP contribution < -0.4 is 0 Å². The Labute approximate surface area is 191 Å². The van der Waals surface area contributed by atoms with E-state index in [4.69, 9.17) is 0 Å². The predicted octanol–water partition coefficient (Wildman–Crippen LogP) is 3.92. The lowest BCUT2D eigenvalue weighted by Crippen LogP contribution is -2.37. The van der Waals surface area contributed by atoms with Crippen LogP contribution in [0.25, 0.3) is 10.1 Å². The summed E-state index contributed by atoms with van der Waals surface area (Å²) in [6.07, 6.45) is 4.87. The van der Waals surface area contributed by atoms with Gasteiger partial charge in [0.15, 0.2) is 0 Å². The minimum absolute atomic E-state index is 0.0303. The summed E-state index contributed by atoms with van der Waals surface area (Å²) in [5, 5.41) is 11.5. The minimum atomic E-state index is -0.587. The summed E-state index contributed by atoms with van der Waals surface area (Å²) < 4.78 is 20.9. The average molecular weight is 457 g/mol. The standard InChI is InChI=1S/C24H29FN4O2S/c1-27-11-7-19-23(27)20(30)8-14-29(24(19)31)10-2-9-28-12-5-16(6-13-28)22-18-4-3-17(25)15-21(18)32-26-22/h3-4,7,11,15-16,20,30H,2,5-6,8-10,12-14H2,1H3. The van der Waals surface area contributed by atoms with Gasteiger partial charge in [0.1, 0.15) is 5.82 Å². The third-order valence-electron chi connectivity index (χ3n) is 6.97. The second-order valence-corrected chi connectivity index (χ2v) is 9.80. The summed E-state index contributed by atoms with van der Waals surface area (Å²) in [7, 11) is 1.88. The molecule has 1 amide bonds. The zero-order valence-electron chi connectivity index (χ0n) is 18.3. The lowest BCUT2D eigenvalue weighted by atomic mass is 9.91. The first-order valence-corrected chi connectivity index (χ1v) is 12.2. The van der Waals surface area contributed by atoms with Gasteiger partial charge in [0.25, 0.3) is 5.91 Å². The van der Waals surface area contributed by atoms with Gasteiger partial charge in [0.2, 0.25) is 0 Å². The number of nitrogens with zero attached hydrogens (tertiary/aromatic N) is 4. The number of rotatable bonds is 5. The van der Waals surface area contributed by atoms with Gasteiger partial charge in [-0.2, -0.15) is 4.37 Å². The zero-order valence-corrected chi connectivity index (χ0v) is 19.2. The van der Waals surface area contributed by atoms with Crippen LogP contribution in [0, 0.1) is 5.82 Å². The Morgan fingerprint density at radius 1 is 1.16 bits per heavy atom. The molecule has 1 aromatic carbocycles. The molecule has 1 N–H and O–H groups in total. The molecule has 4 heterocycles. The maximum atomic E-state index is 13.5. The molecule has 0 saturated carbocycles. The SMILES string of the molecule is Cn1ccc2c1C(O)CCN(CCCN1CCC(c3nsc4cc(F)ccc34)CC1)C2=O. The number of aryl methyl sites for hydroxylation is 1. The highest BCUT2D eigenvalue weighted by Gasteiger charge is 2.29. The van der Waals surface area contributed by atoms with Crippen molar-refractivity contribution >= 4 is 27.5 Å². The molecule has 0 radical (unpaired) electrons. The van der Waals surface area contributed by atoms with Crippen molar-refractivity contribution in [3.05, 3.63) is 53.2 Å². The molecule has 8 heteroatoms. The molecule has 3 aromatic rings. The van der Waals surface area contributed by atoms with Crippen LogP contribution in [0.15, 0.2) is 30.5 Å². The van der Waals surface area contributed by atoms with Gasteiger partial charge in [-0.1, -0.05) is 0 Å². The first-order chi connectivity index (χ1) is 15.5. The molecule has 1 saturated heterocycles. The van der Waals surface area contributed by atoms with E-state index in [0.717, 1.165) is 60.4 Å². The zero-order chi connectivity index (χ0) is 22.2. The van der Waals surface area contributed by atoms with Crippen LogP contribution in [0.2, 0.25) is 0 Å². The molecule has 32 heavy (non-hydrogen) atoms. The fourth-order valence-corrected chi connectivity index (χ4v) is 6.06. The summed E-state index contributed by atoms with van der Waals surface area (Å²) in [4.78, 5) is 17.3. The van der Waals surface area contributed by atoms with Crippen LogP contribution in [-0.4, -0.2) is 62.5 Å². The van der Waals surface area contributed by atoms with Crippen LogP contribution in [-0.2, 0) is 7.05 Å². The lowest BCUT2D eigenvalue weighted by Gasteiger charge is -2.32. The highest BCUT2D eigenvalue weighted by atomic mass is 32.1. The van der Waals surface area contributed by atoms with Crippen LogP contribution >= 0.6 is 11.5 Å². The van der Waals surface area contributed by atoms with Crippen molar-refractivity contribution in [2.24, 2.45) is 7.05 Å². The second-order valence-electron chi connectivity index (χ2n) is 9.00. The van der Waals surface area contributed by atoms with E-state index < -0.39 is 6.10 Å². The van der Waals surface area contributed by atoms with Crippen molar-refractivity contribution in [1.82, 2.24) is 18.7 Å². The number of amides is 1. The molecule has 170 valence electrons. The Bertz CT molecular complexity index is 1120. The second kappa shape index (κ2) is 8.92. The number of carbonyl (C=O) groups is 1. The number of likely N-dealkylation sites (tertiary alicyclic amines) is 1. The molecular weight excluding hydrogens is 427 g/mol. The smallest absolute Gasteiger partial charge is 0.255 e. The number of aromatic nitrogens is 2. The van der Waals surface area contributed by atoms with Gasteiger partial charge >= 0.3 is 0 Å². The van der Waals surface area contributed by atoms with Gasteiger partial charge in [0.05, 0.1) is 27.8 Å². The van der Waals surface area contributed by atoms with E-state index in [0.29, 0.717) is 31.0 Å². The summed E-state index contributed by atoms with van der Waals surface area (Å²) in [6.45, 7) is 4.29. The third kappa shape index (κ3) is 4.07. The third-order valence-corrected chi connectivity index (χ3v) is 7.79. The fourth-order valence-electron chi connectivity index (χ4n) is 5.18. The van der Waals surface area contributed by atoms with E-state index >= 15 is 0 Å². The van der Waals surface area contributed by atoms with Crippen LogP contribution in [0.3, 0.4) is 0 Å². The Balaban J connectivity index is 1.13. The molecule has 0 spiro atoms. The van der Waals surface area contributed by atoms with Crippen molar-refractivity contribution in [3.8, 4) is 0 Å². The van der Waals surface area contributed by atoms with Crippen LogP contribution in [0.1, 0.15) is 59.5 Å². The molecule has 2 aromatic heterocycles. The van der Waals surface area contributed by atoms with E-state index in [-0.39, 0.29) is 11.7 Å². The number of benzene rings is 1. The van der Waals surface area contributed by atoms with Crippen LogP contribution in [0.5, 0.6) is 0 Å². The largest absolute Gasteiger partial charge is 0.387 e. The number of halogens is 1. The molecule has 0 bridgehead atoms. The topological polar surface area (TPSA) is 61.6 Å². The number of hydrogen-bond acceptors (Lipinski definition) is 5. The fraction of sp³-hybridized carbons (Fsp3) is 0.500. The van der Waals surface area contributed by atoms with Gasteiger partial charge < -0.3 is 19.5 Å². The maximum absolute atomic E-state index is 13.5. The molecule has 1 fully saturated rings. The molecule has 6 nitrogen and oxygen atoms in total. The maximum Gasteiger partial charge on any atom is 0.255 e. The molecule has 1 atom stereocenters. The van der Waals surface area contributed by atoms with E-state index in [1.807, 2.05) is 34.8 Å². The van der Waals surface area contributed by atoms with E-state index in [2.05, 4.69) is 9.27 Å². The highest BCUT2D eigenvalue weighted by molar-refractivity contribution is 7.13. The Hall–Kier alpha value is -2.29. The quantitative estimate of drug-likeness (QED) is 0.632. The van der Waals surface area contributed by atoms with Crippen molar-refractivity contribution in [1.29, 1.82) is 0 Å². The van der Waals surface area contributed by atoms with Gasteiger partial charge in [-0.3, -0.25) is 4.79 Å². The summed E-state index contributed by atoms with van der Waals surface area (Å²) >= 11 is 1.39. The van der Waals surface area contributed by atoms with E-state index in [1.165, 1.54) is 17.6 Å². The average Bonchev–Trinajstić information content (AvgIpc) is 3.36. The van der Waals surface area contributed by atoms with Gasteiger partial charge in [0, 0.05) is 37.6 Å². The number of hydrogen-bond donors (Lipinski definition) is 1. The highest BCUT2D eigenvalue weighted by Crippen LogP contribution is 2.34. The monoisotopic (exact) mass is 456 g/mol. The van der Waals surface area contributed by atoms with Gasteiger partial charge in [-0.15, -0.1) is 0 Å². The van der Waals surface area contributed by atoms with Crippen molar-refractivity contribution < 1.29 is 14.3 Å². The van der Waals surface area contributed by atoms with Crippen molar-refractivity contribution in [3.63, 3.8) is 0 Å². The van der Waals surface area contributed by atoms with E-state index in [9.17, 15) is 14.3 Å². The minimum Gasteiger partial charge on any atom is -0.387 e. The molecule has 1 unspecified atom stereocenters. The molecule has 5 rings (SSSR count). The van der Waals surface area contributed by atoms with E-state index in [1.54, 1.807) is 6.07 Å². The molecule has 2 aliphatic heterocycles. The molecule has 2 aliphatic rings. The molecule has 0 aliphatic carbocycles. The predicted molar refractivity (Wildman–Crippen MR) is 124 cm³/mol. The Kier molecular flexibility index (Phi) is 6.01. The Morgan fingerprint density at radius 2 is 1.97 bits per heavy atom. The lowest BCUT2D eigenvalue weighted by molar-refractivity contribution is 0.0736. The number of fused-ring (bicyclic) bond motifs is 2. The summed E-state index contributed by atoms with van der Waals surface area (Å²) in [5.41, 5.74) is 2.49. The van der Waals surface area contributed by atoms with Crippen molar-refractivity contribution in [2.45, 2.75) is 37.7 Å². The first kappa shape index (κ1) is 21.6.